The largest absolute Gasteiger partial charge is 0.388 e. The fraction of sp³-hybridized carbons (Fsp3) is 0.895. The van der Waals surface area contributed by atoms with Crippen LogP contribution in [0.4, 0.5) is 0 Å². The maximum absolute atomic E-state index is 10.2. The summed E-state index contributed by atoms with van der Waals surface area (Å²) in [5.74, 6) is 0. The van der Waals surface area contributed by atoms with Gasteiger partial charge in [-0.15, -0.1) is 6.58 Å². The molecule has 2 aliphatic heterocycles. The third kappa shape index (κ3) is 6.41. The second kappa shape index (κ2) is 11.7. The van der Waals surface area contributed by atoms with E-state index in [4.69, 9.17) is 18.9 Å². The maximum Gasteiger partial charge on any atom is 0.187 e. The van der Waals surface area contributed by atoms with E-state index in [0.29, 0.717) is 6.42 Å². The quantitative estimate of drug-likeness (QED) is 0.179. The molecular weight excluding hydrogens is 388 g/mol. The smallest absolute Gasteiger partial charge is 0.187 e. The van der Waals surface area contributed by atoms with Crippen molar-refractivity contribution in [1.29, 1.82) is 0 Å². The highest BCUT2D eigenvalue weighted by molar-refractivity contribution is 4.91. The van der Waals surface area contributed by atoms with E-state index in [1.165, 1.54) is 0 Å². The lowest BCUT2D eigenvalue weighted by Crippen LogP contribution is -2.60. The fourth-order valence-corrected chi connectivity index (χ4v) is 3.29. The Labute approximate surface area is 170 Å². The number of ether oxygens (including phenoxy) is 4. The van der Waals surface area contributed by atoms with Crippen LogP contribution in [0.3, 0.4) is 0 Å². The summed E-state index contributed by atoms with van der Waals surface area (Å²) in [6, 6.07) is 0. The van der Waals surface area contributed by atoms with E-state index in [9.17, 15) is 30.6 Å². The molecule has 10 atom stereocenters. The van der Waals surface area contributed by atoms with Crippen molar-refractivity contribution in [2.75, 3.05) is 13.2 Å². The van der Waals surface area contributed by atoms with Crippen LogP contribution in [0.1, 0.15) is 32.6 Å². The molecule has 0 radical (unpaired) electrons. The molecule has 1 unspecified atom stereocenters. The lowest BCUT2D eigenvalue weighted by atomic mass is 9.99. The van der Waals surface area contributed by atoms with Gasteiger partial charge in [0.2, 0.25) is 0 Å². The summed E-state index contributed by atoms with van der Waals surface area (Å²) in [5.41, 5.74) is 0. The zero-order chi connectivity index (χ0) is 21.6. The first-order valence-electron chi connectivity index (χ1n) is 10.0. The zero-order valence-corrected chi connectivity index (χ0v) is 16.6. The molecule has 29 heavy (non-hydrogen) atoms. The van der Waals surface area contributed by atoms with Gasteiger partial charge in [0, 0.05) is 0 Å². The van der Waals surface area contributed by atoms with Crippen LogP contribution in [-0.2, 0) is 18.9 Å². The van der Waals surface area contributed by atoms with Crippen LogP contribution in [0.5, 0.6) is 0 Å². The van der Waals surface area contributed by atoms with Crippen molar-refractivity contribution >= 4 is 0 Å². The van der Waals surface area contributed by atoms with Crippen LogP contribution in [-0.4, -0.2) is 105 Å². The van der Waals surface area contributed by atoms with E-state index < -0.39 is 61.4 Å². The van der Waals surface area contributed by atoms with Gasteiger partial charge in [0.1, 0.15) is 42.7 Å². The van der Waals surface area contributed by atoms with Gasteiger partial charge in [-0.25, -0.2) is 0 Å². The molecule has 170 valence electrons. The first-order valence-corrected chi connectivity index (χ1v) is 10.0. The van der Waals surface area contributed by atoms with Gasteiger partial charge < -0.3 is 49.6 Å². The summed E-state index contributed by atoms with van der Waals surface area (Å²) < 4.78 is 21.8. The second-order valence-corrected chi connectivity index (χ2v) is 7.50. The van der Waals surface area contributed by atoms with Gasteiger partial charge >= 0.3 is 0 Å². The minimum atomic E-state index is -1.53. The number of hydrogen-bond donors (Lipinski definition) is 6. The molecule has 0 aromatic carbocycles. The van der Waals surface area contributed by atoms with Gasteiger partial charge in [0.25, 0.3) is 0 Å². The number of hydrogen-bond acceptors (Lipinski definition) is 10. The van der Waals surface area contributed by atoms with E-state index in [-0.39, 0.29) is 13.2 Å². The molecular formula is C19H34O10. The Morgan fingerprint density at radius 2 is 1.66 bits per heavy atom. The highest BCUT2D eigenvalue weighted by atomic mass is 16.7. The van der Waals surface area contributed by atoms with Gasteiger partial charge in [0.15, 0.2) is 12.6 Å². The van der Waals surface area contributed by atoms with E-state index in [1.807, 2.05) is 0 Å². The second-order valence-electron chi connectivity index (χ2n) is 7.50. The number of aliphatic hydroxyl groups excluding tert-OH is 6. The van der Waals surface area contributed by atoms with E-state index in [2.05, 4.69) is 13.5 Å². The Morgan fingerprint density at radius 1 is 0.966 bits per heavy atom. The first-order chi connectivity index (χ1) is 13.8. The Balaban J connectivity index is 1.93. The normalized spacial score (nSPS) is 41.8. The molecule has 2 aliphatic rings. The maximum atomic E-state index is 10.2. The Kier molecular flexibility index (Phi) is 9.89. The standard InChI is InChI=1S/C19H34O10/c1-3-5-6-7-10(4-2)28-19-17(25)15(23)14(22)12(29-19)9-27-18-16(24)13(21)11(20)8-26-18/h4,10-25H,2-3,5-9H2,1H3/t10?,11-,12+,13-,14+,15-,16+,17+,18-,19+/m0/s1. The molecule has 0 aromatic rings. The average Bonchev–Trinajstić information content (AvgIpc) is 2.71. The third-order valence-corrected chi connectivity index (χ3v) is 5.21. The van der Waals surface area contributed by atoms with Crippen LogP contribution >= 0.6 is 0 Å². The molecule has 2 rings (SSSR count). The topological polar surface area (TPSA) is 158 Å². The Bertz CT molecular complexity index is 492. The van der Waals surface area contributed by atoms with Crippen molar-refractivity contribution in [3.05, 3.63) is 12.7 Å². The number of rotatable bonds is 10. The van der Waals surface area contributed by atoms with Gasteiger partial charge in [-0.2, -0.15) is 0 Å². The van der Waals surface area contributed by atoms with E-state index >= 15 is 0 Å². The lowest BCUT2D eigenvalue weighted by Gasteiger charge is -2.42. The molecule has 0 saturated carbocycles. The van der Waals surface area contributed by atoms with Crippen molar-refractivity contribution in [3.8, 4) is 0 Å². The van der Waals surface area contributed by atoms with Crippen LogP contribution in [0.2, 0.25) is 0 Å². The van der Waals surface area contributed by atoms with Crippen molar-refractivity contribution in [2.24, 2.45) is 0 Å². The van der Waals surface area contributed by atoms with Gasteiger partial charge in [0.05, 0.1) is 19.3 Å². The highest BCUT2D eigenvalue weighted by Crippen LogP contribution is 2.26. The van der Waals surface area contributed by atoms with E-state index in [0.717, 1.165) is 19.3 Å². The summed E-state index contributed by atoms with van der Waals surface area (Å²) in [7, 11) is 0. The lowest BCUT2D eigenvalue weighted by molar-refractivity contribution is -0.325. The summed E-state index contributed by atoms with van der Waals surface area (Å²) in [4.78, 5) is 0. The van der Waals surface area contributed by atoms with Crippen LogP contribution in [0, 0.1) is 0 Å². The molecule has 2 saturated heterocycles. The molecule has 0 amide bonds. The predicted octanol–water partition coefficient (Wildman–Crippen LogP) is -1.60. The molecule has 2 fully saturated rings. The first kappa shape index (κ1) is 24.6. The van der Waals surface area contributed by atoms with Crippen molar-refractivity contribution < 1.29 is 49.6 Å². The van der Waals surface area contributed by atoms with Gasteiger partial charge in [-0.05, 0) is 6.42 Å². The van der Waals surface area contributed by atoms with Gasteiger partial charge in [-0.1, -0.05) is 32.3 Å². The summed E-state index contributed by atoms with van der Waals surface area (Å²) in [6.07, 6.45) is -7.36. The highest BCUT2D eigenvalue weighted by Gasteiger charge is 2.46. The number of aliphatic hydroxyl groups is 6. The predicted molar refractivity (Wildman–Crippen MR) is 99.6 cm³/mol. The van der Waals surface area contributed by atoms with Crippen molar-refractivity contribution in [3.63, 3.8) is 0 Å². The molecule has 6 N–H and O–H groups in total. The molecule has 0 spiro atoms. The molecule has 10 heteroatoms. The van der Waals surface area contributed by atoms with Gasteiger partial charge in [-0.3, -0.25) is 0 Å². The monoisotopic (exact) mass is 422 g/mol. The Morgan fingerprint density at radius 3 is 2.31 bits per heavy atom. The molecule has 0 bridgehead atoms. The van der Waals surface area contributed by atoms with Crippen LogP contribution < -0.4 is 0 Å². The summed E-state index contributed by atoms with van der Waals surface area (Å²) in [5, 5.41) is 59.6. The molecule has 10 nitrogen and oxygen atoms in total. The average molecular weight is 422 g/mol. The fourth-order valence-electron chi connectivity index (χ4n) is 3.29. The number of unbranched alkanes of at least 4 members (excludes halogenated alkanes) is 2. The molecule has 2 heterocycles. The van der Waals surface area contributed by atoms with Crippen LogP contribution in [0.25, 0.3) is 0 Å². The summed E-state index contributed by atoms with van der Waals surface area (Å²) >= 11 is 0. The Hall–Kier alpha value is -0.660. The zero-order valence-electron chi connectivity index (χ0n) is 16.6. The summed E-state index contributed by atoms with van der Waals surface area (Å²) in [6.45, 7) is 5.24. The third-order valence-electron chi connectivity index (χ3n) is 5.21. The minimum absolute atomic E-state index is 0.233. The minimum Gasteiger partial charge on any atom is -0.388 e. The SMILES string of the molecule is C=CC(CCCCC)O[C@@H]1O[C@H](CO[C@@H]2OC[C@H](O)[C@H](O)[C@H]2O)[C@@H](O)[C@H](O)[C@H]1O. The molecule has 0 aliphatic carbocycles. The van der Waals surface area contributed by atoms with Crippen molar-refractivity contribution in [2.45, 2.75) is 94.0 Å². The molecule has 0 aromatic heterocycles. The van der Waals surface area contributed by atoms with Crippen molar-refractivity contribution in [1.82, 2.24) is 0 Å². The van der Waals surface area contributed by atoms with Crippen LogP contribution in [0.15, 0.2) is 12.7 Å². The van der Waals surface area contributed by atoms with E-state index in [1.54, 1.807) is 6.08 Å².